The van der Waals surface area contributed by atoms with Crippen LogP contribution >= 0.6 is 0 Å². The molecule has 2 saturated carbocycles. The van der Waals surface area contributed by atoms with Crippen LogP contribution in [-0.2, 0) is 18.9 Å². The van der Waals surface area contributed by atoms with Crippen LogP contribution in [-0.4, -0.2) is 59.4 Å². The lowest BCUT2D eigenvalue weighted by Gasteiger charge is -2.33. The van der Waals surface area contributed by atoms with Crippen molar-refractivity contribution in [3.63, 3.8) is 0 Å². The Morgan fingerprint density at radius 3 is 1.88 bits per heavy atom. The lowest BCUT2D eigenvalue weighted by atomic mass is 9.94. The molecule has 2 aliphatic heterocycles. The van der Waals surface area contributed by atoms with E-state index in [4.69, 9.17) is 18.9 Å². The molecule has 26 heavy (non-hydrogen) atoms. The van der Waals surface area contributed by atoms with E-state index >= 15 is 0 Å². The molecule has 150 valence electrons. The molecule has 4 rings (SSSR count). The lowest BCUT2D eigenvalue weighted by Crippen LogP contribution is -2.48. The van der Waals surface area contributed by atoms with Crippen molar-refractivity contribution in [3.05, 3.63) is 0 Å². The van der Waals surface area contributed by atoms with Crippen molar-refractivity contribution in [2.24, 2.45) is 5.92 Å². The molecule has 4 aliphatic rings. The van der Waals surface area contributed by atoms with E-state index in [1.807, 2.05) is 0 Å². The maximum Gasteiger partial charge on any atom is 0.169 e. The quantitative estimate of drug-likeness (QED) is 0.795. The van der Waals surface area contributed by atoms with Crippen molar-refractivity contribution in [3.8, 4) is 0 Å². The van der Waals surface area contributed by atoms with Gasteiger partial charge in [-0.3, -0.25) is 0 Å². The van der Waals surface area contributed by atoms with Gasteiger partial charge in [-0.15, -0.1) is 0 Å². The van der Waals surface area contributed by atoms with Gasteiger partial charge in [0.15, 0.2) is 11.6 Å². The first kappa shape index (κ1) is 19.1. The average molecular weight is 370 g/mol. The van der Waals surface area contributed by atoms with Crippen LogP contribution in [0.1, 0.15) is 71.1 Å². The number of ether oxygens (including phenoxy) is 4. The summed E-state index contributed by atoms with van der Waals surface area (Å²) in [7, 11) is 0. The summed E-state index contributed by atoms with van der Waals surface area (Å²) in [5.41, 5.74) is 0. The van der Waals surface area contributed by atoms with Crippen LogP contribution < -0.4 is 0 Å². The van der Waals surface area contributed by atoms with Gasteiger partial charge >= 0.3 is 0 Å². The Kier molecular flexibility index (Phi) is 5.61. The van der Waals surface area contributed by atoms with Gasteiger partial charge in [-0.05, 0) is 31.6 Å². The molecule has 2 unspecified atom stereocenters. The average Bonchev–Trinajstić information content (AvgIpc) is 3.20. The van der Waals surface area contributed by atoms with Gasteiger partial charge in [0, 0.05) is 25.7 Å². The highest BCUT2D eigenvalue weighted by Gasteiger charge is 2.50. The molecular weight excluding hydrogens is 336 g/mol. The Hall–Kier alpha value is -0.240. The summed E-state index contributed by atoms with van der Waals surface area (Å²) in [4.78, 5) is 0. The number of aliphatic hydroxyl groups is 2. The molecule has 4 fully saturated rings. The minimum absolute atomic E-state index is 0.325. The van der Waals surface area contributed by atoms with Crippen molar-refractivity contribution >= 4 is 0 Å². The van der Waals surface area contributed by atoms with Gasteiger partial charge in [-0.25, -0.2) is 0 Å². The van der Waals surface area contributed by atoms with Crippen molar-refractivity contribution in [1.29, 1.82) is 0 Å². The fourth-order valence-electron chi connectivity index (χ4n) is 5.00. The predicted octanol–water partition coefficient (Wildman–Crippen LogP) is 2.50. The number of hydrogen-bond donors (Lipinski definition) is 2. The van der Waals surface area contributed by atoms with E-state index in [0.717, 1.165) is 51.4 Å². The summed E-state index contributed by atoms with van der Waals surface area (Å²) in [6, 6.07) is 0. The summed E-state index contributed by atoms with van der Waals surface area (Å²) < 4.78 is 24.1. The topological polar surface area (TPSA) is 77.4 Å². The Morgan fingerprint density at radius 2 is 1.27 bits per heavy atom. The number of aliphatic hydroxyl groups excluding tert-OH is 2. The standard InChI is InChI=1S/C20H34O6/c1-14-6-5-10-20(11-7-14)24-13-16(26-20)18(22)17(21)15-12-23-19(25-15)8-3-2-4-9-19/h14-18,21-22H,2-13H2,1H3/t14?,15-,16-,17-,18-,20?/m0/s1. The molecule has 6 atom stereocenters. The molecule has 0 aromatic carbocycles. The van der Waals surface area contributed by atoms with Crippen LogP contribution in [0.5, 0.6) is 0 Å². The maximum atomic E-state index is 10.7. The second-order valence-electron chi connectivity index (χ2n) is 8.83. The predicted molar refractivity (Wildman–Crippen MR) is 94.5 cm³/mol. The third-order valence-electron chi connectivity index (χ3n) is 6.75. The third-order valence-corrected chi connectivity index (χ3v) is 6.75. The molecule has 0 aromatic rings. The largest absolute Gasteiger partial charge is 0.387 e. The van der Waals surface area contributed by atoms with Crippen molar-refractivity contribution in [1.82, 2.24) is 0 Å². The van der Waals surface area contributed by atoms with E-state index in [2.05, 4.69) is 6.92 Å². The van der Waals surface area contributed by atoms with Gasteiger partial charge in [0.1, 0.15) is 24.4 Å². The number of rotatable bonds is 3. The van der Waals surface area contributed by atoms with Gasteiger partial charge in [0.05, 0.1) is 13.2 Å². The van der Waals surface area contributed by atoms with Crippen LogP contribution in [0.4, 0.5) is 0 Å². The van der Waals surface area contributed by atoms with E-state index in [9.17, 15) is 10.2 Å². The van der Waals surface area contributed by atoms with E-state index in [1.165, 1.54) is 12.8 Å². The summed E-state index contributed by atoms with van der Waals surface area (Å²) >= 11 is 0. The van der Waals surface area contributed by atoms with Gasteiger partial charge in [-0.2, -0.15) is 0 Å². The number of hydrogen-bond acceptors (Lipinski definition) is 6. The van der Waals surface area contributed by atoms with E-state index in [-0.39, 0.29) is 0 Å². The first-order chi connectivity index (χ1) is 12.5. The zero-order valence-corrected chi connectivity index (χ0v) is 15.9. The van der Waals surface area contributed by atoms with Crippen LogP contribution in [0.3, 0.4) is 0 Å². The van der Waals surface area contributed by atoms with Gasteiger partial charge in [0.25, 0.3) is 0 Å². The second kappa shape index (κ2) is 7.64. The summed E-state index contributed by atoms with van der Waals surface area (Å²) in [6.07, 6.45) is 7.14. The first-order valence-corrected chi connectivity index (χ1v) is 10.5. The highest BCUT2D eigenvalue weighted by atomic mass is 16.8. The van der Waals surface area contributed by atoms with Crippen LogP contribution in [0, 0.1) is 5.92 Å². The zero-order valence-electron chi connectivity index (χ0n) is 15.9. The minimum atomic E-state index is -1.03. The molecule has 2 spiro atoms. The molecule has 0 amide bonds. The van der Waals surface area contributed by atoms with E-state index < -0.39 is 36.0 Å². The smallest absolute Gasteiger partial charge is 0.169 e. The van der Waals surface area contributed by atoms with Crippen LogP contribution in [0.2, 0.25) is 0 Å². The fourth-order valence-corrected chi connectivity index (χ4v) is 5.00. The van der Waals surface area contributed by atoms with Crippen molar-refractivity contribution < 1.29 is 29.2 Å². The molecular formula is C20H34O6. The van der Waals surface area contributed by atoms with Gasteiger partial charge in [-0.1, -0.05) is 19.8 Å². The summed E-state index contributed by atoms with van der Waals surface area (Å²) in [5.74, 6) is -0.435. The SMILES string of the molecule is CC1CCCC2(CC1)OC[C@@H]([C@H](O)[C@@H](O)[C@@H]1COC3(CCCCC3)O1)O2. The maximum absolute atomic E-state index is 10.7. The van der Waals surface area contributed by atoms with Crippen LogP contribution in [0.15, 0.2) is 0 Å². The highest BCUT2D eigenvalue weighted by Crippen LogP contribution is 2.41. The zero-order chi connectivity index (χ0) is 18.2. The highest BCUT2D eigenvalue weighted by molar-refractivity contribution is 4.93. The molecule has 2 aliphatic carbocycles. The Bertz CT molecular complexity index is 477. The Labute approximate surface area is 156 Å². The monoisotopic (exact) mass is 370 g/mol. The third kappa shape index (κ3) is 3.82. The van der Waals surface area contributed by atoms with Gasteiger partial charge in [0.2, 0.25) is 0 Å². The van der Waals surface area contributed by atoms with Gasteiger partial charge < -0.3 is 29.2 Å². The first-order valence-electron chi connectivity index (χ1n) is 10.5. The molecule has 0 radical (unpaired) electrons. The molecule has 6 nitrogen and oxygen atoms in total. The summed E-state index contributed by atoms with van der Waals surface area (Å²) in [5, 5.41) is 21.4. The normalized spacial score (nSPS) is 42.8. The van der Waals surface area contributed by atoms with Crippen LogP contribution in [0.25, 0.3) is 0 Å². The summed E-state index contributed by atoms with van der Waals surface area (Å²) in [6.45, 7) is 2.92. The lowest BCUT2D eigenvalue weighted by molar-refractivity contribution is -0.214. The molecule has 6 heteroatoms. The fraction of sp³-hybridized carbons (Fsp3) is 1.00. The second-order valence-corrected chi connectivity index (χ2v) is 8.83. The van der Waals surface area contributed by atoms with Crippen molar-refractivity contribution in [2.75, 3.05) is 13.2 Å². The molecule has 2 saturated heterocycles. The molecule has 2 N–H and O–H groups in total. The molecule has 0 bridgehead atoms. The molecule has 0 aromatic heterocycles. The Balaban J connectivity index is 1.33. The Morgan fingerprint density at radius 1 is 0.731 bits per heavy atom. The van der Waals surface area contributed by atoms with E-state index in [0.29, 0.717) is 19.1 Å². The van der Waals surface area contributed by atoms with E-state index in [1.54, 1.807) is 0 Å². The molecule has 2 heterocycles. The minimum Gasteiger partial charge on any atom is -0.387 e. The van der Waals surface area contributed by atoms with Crippen molar-refractivity contribution in [2.45, 2.75) is 107 Å².